The van der Waals surface area contributed by atoms with Gasteiger partial charge in [-0.05, 0) is 0 Å². The Balaban J connectivity index is 2.86. The molecule has 1 nitrogen and oxygen atoms in total. The standard InChI is InChI=1S/C5H2Cl2N/c6-4-1-2-5(7)8-3-4/h2-3H. The molecule has 8 heavy (non-hydrogen) atoms. The molecule has 0 aromatic carbocycles. The molecule has 0 aromatic rings. The molecule has 0 aromatic heterocycles. The summed E-state index contributed by atoms with van der Waals surface area (Å²) in [7, 11) is 0. The minimum atomic E-state index is 0.411. The highest BCUT2D eigenvalue weighted by Crippen LogP contribution is 2.13. The molecule has 3 heteroatoms. The molecule has 0 atom stereocenters. The number of hydrogen-bond donors (Lipinski definition) is 0. The fourth-order valence-electron chi connectivity index (χ4n) is 0.321. The van der Waals surface area contributed by atoms with Crippen molar-refractivity contribution in [3.63, 3.8) is 0 Å². The van der Waals surface area contributed by atoms with Crippen LogP contribution in [-0.4, -0.2) is 6.21 Å². The summed E-state index contributed by atoms with van der Waals surface area (Å²) < 4.78 is 0. The van der Waals surface area contributed by atoms with Crippen LogP contribution in [0.1, 0.15) is 0 Å². The van der Waals surface area contributed by atoms with Gasteiger partial charge in [0.2, 0.25) is 5.50 Å². The highest BCUT2D eigenvalue weighted by atomic mass is 35.5. The lowest BCUT2D eigenvalue weighted by Crippen LogP contribution is -1.82. The summed E-state index contributed by atoms with van der Waals surface area (Å²) >= 11 is 10.8. The molecule has 0 spiro atoms. The van der Waals surface area contributed by atoms with Gasteiger partial charge in [0.05, 0.1) is 6.21 Å². The lowest BCUT2D eigenvalue weighted by Gasteiger charge is -1.93. The summed E-state index contributed by atoms with van der Waals surface area (Å²) in [6.45, 7) is 0. The van der Waals surface area contributed by atoms with E-state index in [4.69, 9.17) is 23.2 Å². The normalized spacial score (nSPS) is 19.0. The molecule has 0 fully saturated rings. The van der Waals surface area contributed by atoms with Crippen LogP contribution in [0.5, 0.6) is 0 Å². The highest BCUT2D eigenvalue weighted by molar-refractivity contribution is 6.40. The molecule has 0 N–H and O–H groups in total. The Morgan fingerprint density at radius 3 is 2.62 bits per heavy atom. The maximum Gasteiger partial charge on any atom is 0.202 e. The van der Waals surface area contributed by atoms with Crippen molar-refractivity contribution in [3.05, 3.63) is 22.3 Å². The number of aliphatic imine (C=N–C) groups is 1. The third kappa shape index (κ3) is 1.38. The van der Waals surface area contributed by atoms with Crippen molar-refractivity contribution in [2.75, 3.05) is 0 Å². The fourth-order valence-corrected chi connectivity index (χ4v) is 0.528. The minimum absolute atomic E-state index is 0.411. The summed E-state index contributed by atoms with van der Waals surface area (Å²) in [6, 6.07) is 0. The van der Waals surface area contributed by atoms with E-state index in [1.54, 1.807) is 0 Å². The van der Waals surface area contributed by atoms with Crippen LogP contribution in [0.2, 0.25) is 0 Å². The van der Waals surface area contributed by atoms with Crippen molar-refractivity contribution in [2.45, 2.75) is 0 Å². The van der Waals surface area contributed by atoms with Crippen LogP contribution in [-0.2, 0) is 0 Å². The number of halogens is 2. The lowest BCUT2D eigenvalue weighted by molar-refractivity contribution is 1.36. The summed E-state index contributed by atoms with van der Waals surface area (Å²) in [4.78, 5) is 3.68. The van der Waals surface area contributed by atoms with Crippen LogP contribution in [0.3, 0.4) is 0 Å². The van der Waals surface area contributed by atoms with Gasteiger partial charge < -0.3 is 0 Å². The maximum atomic E-state index is 5.43. The van der Waals surface area contributed by atoms with E-state index in [0.717, 1.165) is 0 Å². The van der Waals surface area contributed by atoms with Gasteiger partial charge >= 0.3 is 0 Å². The largest absolute Gasteiger partial charge is 0.259 e. The Morgan fingerprint density at radius 1 is 1.50 bits per heavy atom. The maximum absolute atomic E-state index is 5.43. The molecule has 1 radical (unpaired) electrons. The van der Waals surface area contributed by atoms with Crippen LogP contribution < -0.4 is 0 Å². The molecule has 0 amide bonds. The van der Waals surface area contributed by atoms with Crippen molar-refractivity contribution in [3.8, 4) is 0 Å². The van der Waals surface area contributed by atoms with Gasteiger partial charge in [-0.2, -0.15) is 0 Å². The van der Waals surface area contributed by atoms with Gasteiger partial charge in [-0.3, -0.25) is 4.99 Å². The zero-order chi connectivity index (χ0) is 5.98. The first-order valence-corrected chi connectivity index (χ1v) is 2.73. The zero-order valence-corrected chi connectivity index (χ0v) is 5.37. The number of nitrogens with zero attached hydrogens (tertiary/aromatic N) is 1. The van der Waals surface area contributed by atoms with Gasteiger partial charge in [0, 0.05) is 6.08 Å². The average molecular weight is 147 g/mol. The number of hydrogen-bond acceptors (Lipinski definition) is 1. The van der Waals surface area contributed by atoms with Crippen LogP contribution in [0.4, 0.5) is 0 Å². The van der Waals surface area contributed by atoms with Gasteiger partial charge in [0.25, 0.3) is 0 Å². The van der Waals surface area contributed by atoms with E-state index in [9.17, 15) is 0 Å². The highest BCUT2D eigenvalue weighted by Gasteiger charge is 1.98. The Labute approximate surface area is 57.3 Å². The molecule has 0 bridgehead atoms. The molecule has 41 valence electrons. The molecule has 0 saturated carbocycles. The zero-order valence-electron chi connectivity index (χ0n) is 3.86. The van der Waals surface area contributed by atoms with E-state index in [1.807, 2.05) is 0 Å². The van der Waals surface area contributed by atoms with Crippen molar-refractivity contribution in [1.29, 1.82) is 0 Å². The van der Waals surface area contributed by atoms with Crippen molar-refractivity contribution < 1.29 is 0 Å². The summed E-state index contributed by atoms with van der Waals surface area (Å²) in [5.74, 6) is 0. The first kappa shape index (κ1) is 5.90. The van der Waals surface area contributed by atoms with E-state index in [2.05, 4.69) is 10.7 Å². The minimum Gasteiger partial charge on any atom is -0.259 e. The Bertz CT molecular complexity index is 177. The van der Waals surface area contributed by atoms with E-state index in [-0.39, 0.29) is 0 Å². The second kappa shape index (κ2) is 2.36. The van der Waals surface area contributed by atoms with Crippen molar-refractivity contribution in [2.24, 2.45) is 4.99 Å². The van der Waals surface area contributed by atoms with Gasteiger partial charge in [0.1, 0.15) is 5.03 Å². The van der Waals surface area contributed by atoms with E-state index >= 15 is 0 Å². The summed E-state index contributed by atoms with van der Waals surface area (Å²) in [5.41, 5.74) is 3.08. The van der Waals surface area contributed by atoms with Crippen molar-refractivity contribution >= 4 is 29.4 Å². The molecule has 0 saturated heterocycles. The molecular formula is C5H2Cl2N. The van der Waals surface area contributed by atoms with E-state index in [0.29, 0.717) is 10.5 Å². The predicted molar refractivity (Wildman–Crippen MR) is 35.0 cm³/mol. The summed E-state index contributed by atoms with van der Waals surface area (Å²) in [6.07, 6.45) is 2.97. The third-order valence-corrected chi connectivity index (χ3v) is 1.04. The number of rotatable bonds is 0. The molecule has 1 heterocycles. The first-order valence-electron chi connectivity index (χ1n) is 1.98. The average Bonchev–Trinajstić information content (AvgIpc) is 1.77. The van der Waals surface area contributed by atoms with Gasteiger partial charge in [-0.1, -0.05) is 28.9 Å². The first-order chi connectivity index (χ1) is 3.79. The SMILES string of the molecule is Cl[C]1C=C=C(Cl)C=N1. The van der Waals surface area contributed by atoms with Crippen LogP contribution in [0.15, 0.2) is 21.8 Å². The van der Waals surface area contributed by atoms with Gasteiger partial charge in [-0.15, -0.1) is 0 Å². The topological polar surface area (TPSA) is 12.4 Å². The van der Waals surface area contributed by atoms with Crippen LogP contribution in [0, 0.1) is 5.50 Å². The Kier molecular flexibility index (Phi) is 1.74. The second-order valence-electron chi connectivity index (χ2n) is 1.22. The molecular weight excluding hydrogens is 145 g/mol. The Morgan fingerprint density at radius 2 is 2.25 bits per heavy atom. The Hall–Kier alpha value is -0.230. The molecule has 1 aliphatic heterocycles. The summed E-state index contributed by atoms with van der Waals surface area (Å²) in [5, 5.41) is 0.481. The quantitative estimate of drug-likeness (QED) is 0.367. The van der Waals surface area contributed by atoms with E-state index in [1.165, 1.54) is 12.3 Å². The predicted octanol–water partition coefficient (Wildman–Crippen LogP) is 2.08. The smallest absolute Gasteiger partial charge is 0.202 e. The van der Waals surface area contributed by atoms with Gasteiger partial charge in [-0.25, -0.2) is 0 Å². The van der Waals surface area contributed by atoms with Crippen LogP contribution in [0.25, 0.3) is 0 Å². The van der Waals surface area contributed by atoms with Crippen LogP contribution >= 0.6 is 23.2 Å². The second-order valence-corrected chi connectivity index (χ2v) is 2.01. The van der Waals surface area contributed by atoms with Gasteiger partial charge in [0.15, 0.2) is 0 Å². The monoisotopic (exact) mass is 146 g/mol. The third-order valence-electron chi connectivity index (χ3n) is 0.630. The fraction of sp³-hybridized carbons (Fsp3) is 0. The molecule has 1 rings (SSSR count). The molecule has 0 aliphatic carbocycles. The van der Waals surface area contributed by atoms with Crippen molar-refractivity contribution in [1.82, 2.24) is 0 Å². The molecule has 1 aliphatic rings. The molecule has 0 unspecified atom stereocenters. The lowest BCUT2D eigenvalue weighted by atomic mass is 10.5. The van der Waals surface area contributed by atoms with E-state index < -0.39 is 0 Å².